The largest absolute Gasteiger partial charge is 0.389 e. The first kappa shape index (κ1) is 8.70. The lowest BCUT2D eigenvalue weighted by molar-refractivity contribution is 0.0315. The van der Waals surface area contributed by atoms with Crippen molar-refractivity contribution in [1.29, 1.82) is 0 Å². The number of H-pyrrole nitrogens is 1. The van der Waals surface area contributed by atoms with Crippen LogP contribution in [-0.2, 0) is 0 Å². The first-order chi connectivity index (χ1) is 5.25. The molecule has 0 saturated heterocycles. The van der Waals surface area contributed by atoms with Gasteiger partial charge in [-0.15, -0.1) is 0 Å². The van der Waals surface area contributed by atoms with E-state index in [1.165, 1.54) is 6.20 Å². The summed E-state index contributed by atoms with van der Waals surface area (Å²) in [6.45, 7) is 0. The molecule has 2 unspecified atom stereocenters. The molecule has 5 heteroatoms. The van der Waals surface area contributed by atoms with Gasteiger partial charge < -0.3 is 10.2 Å². The number of nitrogens with zero attached hydrogens (tertiary/aromatic N) is 1. The van der Waals surface area contributed by atoms with E-state index in [-0.39, 0.29) is 0 Å². The smallest absolute Gasteiger partial charge is 0.122 e. The number of aliphatic hydroxyl groups excluding tert-OH is 2. The molecular weight excluding hydrogens is 212 g/mol. The van der Waals surface area contributed by atoms with E-state index in [1.807, 2.05) is 0 Å². The Morgan fingerprint density at radius 3 is 2.82 bits per heavy atom. The maximum absolute atomic E-state index is 9.33. The highest BCUT2D eigenvalue weighted by Gasteiger charge is 2.17. The van der Waals surface area contributed by atoms with E-state index >= 15 is 0 Å². The Morgan fingerprint density at radius 1 is 1.64 bits per heavy atom. The van der Waals surface area contributed by atoms with Gasteiger partial charge in [0.25, 0.3) is 0 Å². The summed E-state index contributed by atoms with van der Waals surface area (Å²) in [6, 6.07) is 1.62. The second kappa shape index (κ2) is 3.85. The van der Waals surface area contributed by atoms with Crippen LogP contribution in [0.15, 0.2) is 12.3 Å². The normalized spacial score (nSPS) is 16.3. The van der Waals surface area contributed by atoms with Crippen LogP contribution in [0, 0.1) is 0 Å². The topological polar surface area (TPSA) is 69.1 Å². The van der Waals surface area contributed by atoms with Crippen molar-refractivity contribution in [3.8, 4) is 0 Å². The highest BCUT2D eigenvalue weighted by atomic mass is 79.9. The summed E-state index contributed by atoms with van der Waals surface area (Å²) in [4.78, 5) is 0. The molecule has 1 heterocycles. The van der Waals surface area contributed by atoms with Crippen LogP contribution in [0.25, 0.3) is 0 Å². The number of alkyl halides is 1. The third-order valence-corrected chi connectivity index (χ3v) is 2.03. The standard InChI is InChI=1S/C6H9BrN2O2/c7-3-5(10)6(11)4-1-2-8-9-4/h1-2,5-6,10-11H,3H2,(H,8,9). The third-order valence-electron chi connectivity index (χ3n) is 1.36. The van der Waals surface area contributed by atoms with Crippen molar-refractivity contribution in [1.82, 2.24) is 10.2 Å². The molecule has 0 radical (unpaired) electrons. The summed E-state index contributed by atoms with van der Waals surface area (Å²) in [5.41, 5.74) is 0.525. The highest BCUT2D eigenvalue weighted by Crippen LogP contribution is 2.14. The molecule has 0 aromatic carbocycles. The van der Waals surface area contributed by atoms with E-state index < -0.39 is 12.2 Å². The number of hydrogen-bond acceptors (Lipinski definition) is 3. The fourth-order valence-electron chi connectivity index (χ4n) is 0.723. The minimum Gasteiger partial charge on any atom is -0.389 e. The van der Waals surface area contributed by atoms with Gasteiger partial charge in [0.05, 0.1) is 11.8 Å². The van der Waals surface area contributed by atoms with Gasteiger partial charge in [-0.2, -0.15) is 5.10 Å². The Kier molecular flexibility index (Phi) is 3.04. The van der Waals surface area contributed by atoms with Crippen LogP contribution in [-0.4, -0.2) is 31.8 Å². The lowest BCUT2D eigenvalue weighted by Gasteiger charge is -2.12. The van der Waals surface area contributed by atoms with Crippen LogP contribution >= 0.6 is 15.9 Å². The minimum absolute atomic E-state index is 0.340. The zero-order valence-electron chi connectivity index (χ0n) is 5.74. The molecule has 0 aliphatic carbocycles. The second-order valence-electron chi connectivity index (χ2n) is 2.18. The Morgan fingerprint density at radius 2 is 2.36 bits per heavy atom. The molecule has 62 valence electrons. The van der Waals surface area contributed by atoms with Gasteiger partial charge >= 0.3 is 0 Å². The van der Waals surface area contributed by atoms with E-state index in [1.54, 1.807) is 6.07 Å². The third kappa shape index (κ3) is 2.02. The van der Waals surface area contributed by atoms with E-state index in [4.69, 9.17) is 5.11 Å². The molecule has 0 spiro atoms. The zero-order valence-corrected chi connectivity index (χ0v) is 7.32. The van der Waals surface area contributed by atoms with Crippen molar-refractivity contribution in [2.45, 2.75) is 12.2 Å². The number of aromatic amines is 1. The average Bonchev–Trinajstić information content (AvgIpc) is 2.53. The lowest BCUT2D eigenvalue weighted by Crippen LogP contribution is -2.19. The molecule has 1 aromatic rings. The van der Waals surface area contributed by atoms with Crippen LogP contribution in [0.2, 0.25) is 0 Å². The fourth-order valence-corrected chi connectivity index (χ4v) is 1.08. The summed E-state index contributed by atoms with van der Waals surface area (Å²) in [6.07, 6.45) is -0.160. The van der Waals surface area contributed by atoms with Gasteiger partial charge in [-0.25, -0.2) is 0 Å². The van der Waals surface area contributed by atoms with Crippen molar-refractivity contribution >= 4 is 15.9 Å². The Bertz CT molecular complexity index is 202. The number of rotatable bonds is 3. The molecule has 0 aliphatic heterocycles. The maximum atomic E-state index is 9.33. The molecular formula is C6H9BrN2O2. The molecule has 0 saturated carbocycles. The Labute approximate surface area is 72.4 Å². The quantitative estimate of drug-likeness (QED) is 0.638. The average molecular weight is 221 g/mol. The van der Waals surface area contributed by atoms with Gasteiger partial charge in [0.2, 0.25) is 0 Å². The molecule has 0 fully saturated rings. The van der Waals surface area contributed by atoms with Crippen LogP contribution in [0.3, 0.4) is 0 Å². The summed E-state index contributed by atoms with van der Waals surface area (Å²) in [7, 11) is 0. The fraction of sp³-hybridized carbons (Fsp3) is 0.500. The monoisotopic (exact) mass is 220 g/mol. The van der Waals surface area contributed by atoms with E-state index in [0.717, 1.165) is 0 Å². The molecule has 1 rings (SSSR count). The number of nitrogens with one attached hydrogen (secondary N) is 1. The second-order valence-corrected chi connectivity index (χ2v) is 2.83. The van der Waals surface area contributed by atoms with E-state index in [9.17, 15) is 5.11 Å². The number of aromatic nitrogens is 2. The summed E-state index contributed by atoms with van der Waals surface area (Å²) < 4.78 is 0. The molecule has 4 nitrogen and oxygen atoms in total. The summed E-state index contributed by atoms with van der Waals surface area (Å²) in [5, 5.41) is 25.0. The van der Waals surface area contributed by atoms with Crippen molar-refractivity contribution in [2.75, 3.05) is 5.33 Å². The summed E-state index contributed by atoms with van der Waals surface area (Å²) in [5.74, 6) is 0. The molecule has 0 bridgehead atoms. The van der Waals surface area contributed by atoms with Gasteiger partial charge in [-0.3, -0.25) is 5.10 Å². The van der Waals surface area contributed by atoms with Gasteiger partial charge in [0.1, 0.15) is 6.10 Å². The predicted molar refractivity (Wildman–Crippen MR) is 43.3 cm³/mol. The molecule has 1 aromatic heterocycles. The zero-order chi connectivity index (χ0) is 8.27. The van der Waals surface area contributed by atoms with Crippen molar-refractivity contribution < 1.29 is 10.2 Å². The van der Waals surface area contributed by atoms with Crippen LogP contribution in [0.4, 0.5) is 0 Å². The predicted octanol–water partition coefficient (Wildman–Crippen LogP) is 0.199. The highest BCUT2D eigenvalue weighted by molar-refractivity contribution is 9.09. The van der Waals surface area contributed by atoms with Crippen LogP contribution in [0.1, 0.15) is 11.8 Å². The van der Waals surface area contributed by atoms with E-state index in [0.29, 0.717) is 11.0 Å². The maximum Gasteiger partial charge on any atom is 0.122 e. The Hall–Kier alpha value is -0.390. The molecule has 0 amide bonds. The van der Waals surface area contributed by atoms with Crippen molar-refractivity contribution in [2.24, 2.45) is 0 Å². The first-order valence-electron chi connectivity index (χ1n) is 3.17. The Balaban J connectivity index is 2.62. The summed E-state index contributed by atoms with van der Waals surface area (Å²) >= 11 is 3.06. The number of aliphatic hydroxyl groups is 2. The number of hydrogen-bond donors (Lipinski definition) is 3. The lowest BCUT2D eigenvalue weighted by atomic mass is 10.2. The molecule has 11 heavy (non-hydrogen) atoms. The molecule has 0 aliphatic rings. The number of halogens is 1. The van der Waals surface area contributed by atoms with Gasteiger partial charge in [0.15, 0.2) is 0 Å². The van der Waals surface area contributed by atoms with Gasteiger partial charge in [-0.05, 0) is 6.07 Å². The molecule has 2 atom stereocenters. The van der Waals surface area contributed by atoms with Gasteiger partial charge in [-0.1, -0.05) is 15.9 Å². The van der Waals surface area contributed by atoms with E-state index in [2.05, 4.69) is 26.1 Å². The van der Waals surface area contributed by atoms with Crippen LogP contribution in [0.5, 0.6) is 0 Å². The van der Waals surface area contributed by atoms with Gasteiger partial charge in [0, 0.05) is 11.5 Å². The SMILES string of the molecule is OC(CBr)C(O)c1ccn[nH]1. The van der Waals surface area contributed by atoms with Crippen molar-refractivity contribution in [3.05, 3.63) is 18.0 Å². The first-order valence-corrected chi connectivity index (χ1v) is 4.29. The van der Waals surface area contributed by atoms with Crippen LogP contribution < -0.4 is 0 Å². The van der Waals surface area contributed by atoms with Crippen molar-refractivity contribution in [3.63, 3.8) is 0 Å². The molecule has 3 N–H and O–H groups in total. The minimum atomic E-state index is -0.892.